The summed E-state index contributed by atoms with van der Waals surface area (Å²) in [6.45, 7) is 7.49. The van der Waals surface area contributed by atoms with Gasteiger partial charge in [0.25, 0.3) is 0 Å². The summed E-state index contributed by atoms with van der Waals surface area (Å²) in [5.74, 6) is 0.874. The summed E-state index contributed by atoms with van der Waals surface area (Å²) in [5.41, 5.74) is 11.2. The highest BCUT2D eigenvalue weighted by molar-refractivity contribution is 6.95. The third kappa shape index (κ3) is 5.00. The molecule has 7 aromatic rings. The van der Waals surface area contributed by atoms with E-state index < -0.39 is 0 Å². The molecular weight excluding hydrogens is 585 g/mol. The molecule has 6 heteroatoms. The van der Waals surface area contributed by atoms with E-state index in [9.17, 15) is 5.26 Å². The van der Waals surface area contributed by atoms with E-state index in [1.165, 1.54) is 39.0 Å². The van der Waals surface area contributed by atoms with E-state index in [4.69, 9.17) is 4.98 Å². The highest BCUT2D eigenvalue weighted by Crippen LogP contribution is 2.39. The van der Waals surface area contributed by atoms with Crippen molar-refractivity contribution in [3.63, 3.8) is 0 Å². The normalized spacial score (nSPS) is 12.8. The summed E-state index contributed by atoms with van der Waals surface area (Å²) in [5, 5.41) is 11.9. The van der Waals surface area contributed by atoms with Gasteiger partial charge in [-0.1, -0.05) is 104 Å². The Morgan fingerprint density at radius 1 is 0.688 bits per heavy atom. The fourth-order valence-corrected chi connectivity index (χ4v) is 7.24. The minimum absolute atomic E-state index is 0.00104. The summed E-state index contributed by atoms with van der Waals surface area (Å²) in [4.78, 5) is 9.58. The van der Waals surface area contributed by atoms with Gasteiger partial charge in [0.05, 0.1) is 40.7 Å². The van der Waals surface area contributed by atoms with Crippen molar-refractivity contribution >= 4 is 62.0 Å². The molecule has 1 aliphatic rings. The zero-order valence-corrected chi connectivity index (χ0v) is 27.7. The quantitative estimate of drug-likeness (QED) is 0.188. The Morgan fingerprint density at radius 2 is 1.44 bits per heavy atom. The van der Waals surface area contributed by atoms with Crippen molar-refractivity contribution < 1.29 is 0 Å². The van der Waals surface area contributed by atoms with Crippen LogP contribution in [0.1, 0.15) is 31.9 Å². The van der Waals surface area contributed by atoms with Crippen LogP contribution in [0.4, 0.5) is 17.1 Å². The van der Waals surface area contributed by atoms with E-state index in [0.717, 1.165) is 34.3 Å². The third-order valence-electron chi connectivity index (χ3n) is 9.68. The van der Waals surface area contributed by atoms with E-state index >= 15 is 0 Å². The number of para-hydroxylation sites is 2. The Bertz CT molecular complexity index is 2360. The number of anilines is 3. The monoisotopic (exact) mass is 621 g/mol. The second-order valence-electron chi connectivity index (χ2n) is 13.8. The van der Waals surface area contributed by atoms with Crippen LogP contribution in [0.15, 0.2) is 134 Å². The molecule has 5 aromatic carbocycles. The van der Waals surface area contributed by atoms with E-state index in [-0.39, 0.29) is 12.1 Å². The first-order chi connectivity index (χ1) is 23.3. The largest absolute Gasteiger partial charge is 0.355 e. The maximum atomic E-state index is 9.78. The summed E-state index contributed by atoms with van der Waals surface area (Å²) < 4.78 is 2.26. The summed E-state index contributed by atoms with van der Waals surface area (Å²) >= 11 is 0. The topological polar surface area (TPSA) is 48.1 Å². The first-order valence-corrected chi connectivity index (χ1v) is 16.5. The third-order valence-corrected chi connectivity index (χ3v) is 9.68. The lowest BCUT2D eigenvalue weighted by Gasteiger charge is -2.22. The molecule has 8 rings (SSSR count). The first kappa shape index (κ1) is 29.6. The molecule has 0 saturated carbocycles. The average molecular weight is 622 g/mol. The number of hydrogen-bond acceptors (Lipinski definition) is 4. The number of fused-ring (bicyclic) bond motifs is 4. The van der Waals surface area contributed by atoms with Crippen LogP contribution in [-0.2, 0) is 5.41 Å². The van der Waals surface area contributed by atoms with Gasteiger partial charge in [0.15, 0.2) is 0 Å². The molecule has 3 heterocycles. The molecule has 5 nitrogen and oxygen atoms in total. The molecule has 0 bridgehead atoms. The molecule has 0 aliphatic carbocycles. The molecule has 0 spiro atoms. The number of pyridine rings is 1. The van der Waals surface area contributed by atoms with Crippen LogP contribution in [-0.4, -0.2) is 30.0 Å². The zero-order chi connectivity index (χ0) is 33.0. The van der Waals surface area contributed by atoms with Gasteiger partial charge in [0, 0.05) is 29.7 Å². The molecule has 232 valence electrons. The van der Waals surface area contributed by atoms with Gasteiger partial charge < -0.3 is 9.80 Å². The van der Waals surface area contributed by atoms with Crippen LogP contribution in [0.25, 0.3) is 27.6 Å². The predicted molar refractivity (Wildman–Crippen MR) is 201 cm³/mol. The smallest absolute Gasteiger partial charge is 0.241 e. The van der Waals surface area contributed by atoms with Crippen molar-refractivity contribution in [3.05, 3.63) is 145 Å². The van der Waals surface area contributed by atoms with Gasteiger partial charge in [-0.2, -0.15) is 5.26 Å². The molecule has 48 heavy (non-hydrogen) atoms. The van der Waals surface area contributed by atoms with Gasteiger partial charge in [-0.05, 0) is 71.6 Å². The predicted octanol–water partition coefficient (Wildman–Crippen LogP) is 7.41. The van der Waals surface area contributed by atoms with Crippen molar-refractivity contribution in [1.29, 1.82) is 5.26 Å². The molecule has 2 aromatic heterocycles. The summed E-state index contributed by atoms with van der Waals surface area (Å²) in [7, 11) is 2.15. The Labute approximate surface area is 282 Å². The van der Waals surface area contributed by atoms with Crippen LogP contribution in [0.2, 0.25) is 0 Å². The summed E-state index contributed by atoms with van der Waals surface area (Å²) in [6.07, 6.45) is 1.91. The molecule has 1 aliphatic heterocycles. The van der Waals surface area contributed by atoms with Crippen LogP contribution >= 0.6 is 0 Å². The molecule has 0 fully saturated rings. The Hall–Kier alpha value is -5.80. The Balaban J connectivity index is 1.33. The first-order valence-electron chi connectivity index (χ1n) is 16.5. The van der Waals surface area contributed by atoms with Crippen molar-refractivity contribution in [2.45, 2.75) is 26.2 Å². The number of rotatable bonds is 5. The van der Waals surface area contributed by atoms with Crippen molar-refractivity contribution in [1.82, 2.24) is 9.55 Å². The number of nitrogens with zero attached hydrogens (tertiary/aromatic N) is 5. The van der Waals surface area contributed by atoms with E-state index in [1.807, 2.05) is 18.3 Å². The standard InChI is InChI=1S/C42H36BN5/c1-42(2,3)30-21-22-45-41(24-30)48-37-20-17-29(27-44)23-36(37)35-19-18-33(26-40(35)48)43(31-11-6-5-7-12-31)32-13-10-14-34(25-32)47-28-46(4)38-15-8-9-16-39(38)47/h5-26H,28H2,1-4H3. The Morgan fingerprint density at radius 3 is 2.23 bits per heavy atom. The lowest BCUT2D eigenvalue weighted by atomic mass is 9.37. The van der Waals surface area contributed by atoms with E-state index in [2.05, 4.69) is 164 Å². The maximum absolute atomic E-state index is 9.78. The summed E-state index contributed by atoms with van der Waals surface area (Å²) in [6, 6.07) is 47.8. The molecular formula is C42H36BN5. The molecule has 0 N–H and O–H groups in total. The van der Waals surface area contributed by atoms with Crippen molar-refractivity contribution in [2.24, 2.45) is 0 Å². The van der Waals surface area contributed by atoms with Crippen molar-refractivity contribution in [3.8, 4) is 11.9 Å². The molecule has 0 unspecified atom stereocenters. The lowest BCUT2D eigenvalue weighted by molar-refractivity contribution is 0.588. The number of aromatic nitrogens is 2. The van der Waals surface area contributed by atoms with Gasteiger partial charge in [-0.15, -0.1) is 0 Å². The van der Waals surface area contributed by atoms with Gasteiger partial charge in [0.1, 0.15) is 5.82 Å². The fraction of sp³-hybridized carbons (Fsp3) is 0.143. The van der Waals surface area contributed by atoms with Gasteiger partial charge in [0.2, 0.25) is 6.71 Å². The van der Waals surface area contributed by atoms with E-state index in [0.29, 0.717) is 5.56 Å². The fourth-order valence-electron chi connectivity index (χ4n) is 7.24. The average Bonchev–Trinajstić information content (AvgIpc) is 3.62. The van der Waals surface area contributed by atoms with Crippen LogP contribution in [0, 0.1) is 11.3 Å². The van der Waals surface area contributed by atoms with Crippen LogP contribution in [0.3, 0.4) is 0 Å². The highest BCUT2D eigenvalue weighted by Gasteiger charge is 2.28. The van der Waals surface area contributed by atoms with E-state index in [1.54, 1.807) is 0 Å². The highest BCUT2D eigenvalue weighted by atomic mass is 15.4. The Kier molecular flexibility index (Phi) is 7.07. The lowest BCUT2D eigenvalue weighted by Crippen LogP contribution is -2.52. The molecule has 0 atom stereocenters. The van der Waals surface area contributed by atoms with Gasteiger partial charge in [-0.3, -0.25) is 4.57 Å². The van der Waals surface area contributed by atoms with Gasteiger partial charge in [-0.25, -0.2) is 4.98 Å². The zero-order valence-electron chi connectivity index (χ0n) is 27.7. The second kappa shape index (κ2) is 11.5. The molecule has 0 saturated heterocycles. The molecule has 0 radical (unpaired) electrons. The maximum Gasteiger partial charge on any atom is 0.241 e. The van der Waals surface area contributed by atoms with Gasteiger partial charge >= 0.3 is 0 Å². The number of benzene rings is 5. The number of nitriles is 1. The number of hydrogen-bond donors (Lipinski definition) is 0. The minimum Gasteiger partial charge on any atom is -0.355 e. The second-order valence-corrected chi connectivity index (χ2v) is 13.8. The minimum atomic E-state index is -0.0241. The van der Waals surface area contributed by atoms with Crippen LogP contribution < -0.4 is 26.2 Å². The molecule has 0 amide bonds. The van der Waals surface area contributed by atoms with Crippen molar-refractivity contribution in [2.75, 3.05) is 23.5 Å². The van der Waals surface area contributed by atoms with Crippen LogP contribution in [0.5, 0.6) is 0 Å². The SMILES string of the molecule is CN1CN(c2cccc(B(c3ccccc3)c3ccc4c5cc(C#N)ccc5n(-c5cc(C(C)(C)C)ccn5)c4c3)c2)c2ccccc21.